The van der Waals surface area contributed by atoms with Gasteiger partial charge in [-0.25, -0.2) is 0 Å². The number of hydrogen-bond donors (Lipinski definition) is 2. The largest absolute Gasteiger partial charge is 0.456 e. The quantitative estimate of drug-likeness (QED) is 0.454. The smallest absolute Gasteiger partial charge is 0.202 e. The summed E-state index contributed by atoms with van der Waals surface area (Å²) in [7, 11) is 0. The van der Waals surface area contributed by atoms with E-state index in [2.05, 4.69) is 0 Å². The number of rotatable bonds is 0. The van der Waals surface area contributed by atoms with Gasteiger partial charge in [0.05, 0.1) is 10.8 Å². The lowest BCUT2D eigenvalue weighted by Gasteiger charge is -2.03. The Morgan fingerprint density at radius 3 is 2.65 bits per heavy atom. The molecule has 0 aliphatic heterocycles. The second kappa shape index (κ2) is 3.25. The van der Waals surface area contributed by atoms with Gasteiger partial charge in [-0.1, -0.05) is 6.07 Å². The van der Waals surface area contributed by atoms with Gasteiger partial charge in [0.15, 0.2) is 0 Å². The summed E-state index contributed by atoms with van der Waals surface area (Å²) in [4.78, 5) is 12.3. The maximum absolute atomic E-state index is 12.3. The molecule has 2 aromatic carbocycles. The molecule has 0 atom stereocenters. The molecular weight excluding hydrogens is 216 g/mol. The molecule has 0 aliphatic rings. The van der Waals surface area contributed by atoms with E-state index in [0.717, 1.165) is 0 Å². The third-order valence-corrected chi connectivity index (χ3v) is 2.75. The normalized spacial score (nSPS) is 11.1. The molecule has 0 fully saturated rings. The van der Waals surface area contributed by atoms with Crippen LogP contribution >= 0.6 is 0 Å². The number of fused-ring (bicyclic) bond motifs is 2. The van der Waals surface area contributed by atoms with Gasteiger partial charge in [-0.2, -0.15) is 0 Å². The molecule has 3 rings (SSSR count). The first-order valence-electron chi connectivity index (χ1n) is 5.17. The van der Waals surface area contributed by atoms with Gasteiger partial charge in [0.1, 0.15) is 11.2 Å². The van der Waals surface area contributed by atoms with Crippen LogP contribution in [0.15, 0.2) is 45.6 Å². The van der Waals surface area contributed by atoms with E-state index in [1.165, 1.54) is 0 Å². The van der Waals surface area contributed by atoms with Gasteiger partial charge in [0.25, 0.3) is 0 Å². The highest BCUT2D eigenvalue weighted by molar-refractivity contribution is 5.96. The van der Waals surface area contributed by atoms with Crippen LogP contribution in [0.3, 0.4) is 0 Å². The van der Waals surface area contributed by atoms with Crippen molar-refractivity contribution in [2.75, 3.05) is 11.5 Å². The molecule has 0 unspecified atom stereocenters. The number of benzene rings is 2. The van der Waals surface area contributed by atoms with Crippen LogP contribution < -0.4 is 16.9 Å². The van der Waals surface area contributed by atoms with Crippen LogP contribution in [-0.4, -0.2) is 0 Å². The summed E-state index contributed by atoms with van der Waals surface area (Å²) in [5.74, 6) is 0. The summed E-state index contributed by atoms with van der Waals surface area (Å²) in [5, 5.41) is 0.862. The highest BCUT2D eigenvalue weighted by Crippen LogP contribution is 2.23. The Morgan fingerprint density at radius 1 is 1.00 bits per heavy atom. The maximum Gasteiger partial charge on any atom is 0.202 e. The van der Waals surface area contributed by atoms with Crippen LogP contribution in [0.25, 0.3) is 21.9 Å². The van der Waals surface area contributed by atoms with Crippen LogP contribution in [0.1, 0.15) is 0 Å². The van der Waals surface area contributed by atoms with E-state index in [4.69, 9.17) is 15.9 Å². The average molecular weight is 226 g/mol. The number of nitrogen functional groups attached to an aromatic ring is 2. The van der Waals surface area contributed by atoms with Crippen molar-refractivity contribution in [3.05, 3.63) is 46.6 Å². The molecule has 0 saturated heterocycles. The fourth-order valence-electron chi connectivity index (χ4n) is 1.94. The monoisotopic (exact) mass is 226 g/mol. The summed E-state index contributed by atoms with van der Waals surface area (Å²) < 4.78 is 5.63. The van der Waals surface area contributed by atoms with Gasteiger partial charge in [0, 0.05) is 11.4 Å². The predicted molar refractivity (Wildman–Crippen MR) is 68.8 cm³/mol. The Bertz CT molecular complexity index is 790. The molecule has 0 amide bonds. The maximum atomic E-state index is 12.3. The zero-order valence-corrected chi connectivity index (χ0v) is 8.94. The molecule has 0 saturated carbocycles. The highest BCUT2D eigenvalue weighted by atomic mass is 16.3. The SMILES string of the molecule is Nc1ccc2oc3cccc(N)c3c(=O)c2c1. The molecule has 4 N–H and O–H groups in total. The number of nitrogens with two attached hydrogens (primary N) is 2. The van der Waals surface area contributed by atoms with Crippen LogP contribution in [-0.2, 0) is 0 Å². The van der Waals surface area contributed by atoms with Crippen molar-refractivity contribution in [2.45, 2.75) is 0 Å². The van der Waals surface area contributed by atoms with E-state index >= 15 is 0 Å². The van der Waals surface area contributed by atoms with Crippen LogP contribution in [0.4, 0.5) is 11.4 Å². The van der Waals surface area contributed by atoms with E-state index in [-0.39, 0.29) is 5.43 Å². The zero-order chi connectivity index (χ0) is 12.0. The minimum absolute atomic E-state index is 0.147. The first-order valence-corrected chi connectivity index (χ1v) is 5.17. The third kappa shape index (κ3) is 1.34. The predicted octanol–water partition coefficient (Wildman–Crippen LogP) is 2.11. The molecule has 1 heterocycles. The summed E-state index contributed by atoms with van der Waals surface area (Å²) >= 11 is 0. The van der Waals surface area contributed by atoms with Gasteiger partial charge < -0.3 is 15.9 Å². The Morgan fingerprint density at radius 2 is 1.82 bits per heavy atom. The second-order valence-electron chi connectivity index (χ2n) is 3.91. The van der Waals surface area contributed by atoms with Crippen LogP contribution in [0.2, 0.25) is 0 Å². The van der Waals surface area contributed by atoms with E-state index in [1.807, 2.05) is 0 Å². The second-order valence-corrected chi connectivity index (χ2v) is 3.91. The third-order valence-electron chi connectivity index (χ3n) is 2.75. The summed E-state index contributed by atoms with van der Waals surface area (Å²) in [6.45, 7) is 0. The van der Waals surface area contributed by atoms with E-state index < -0.39 is 0 Å². The van der Waals surface area contributed by atoms with Crippen molar-refractivity contribution in [3.63, 3.8) is 0 Å². The first kappa shape index (κ1) is 9.72. The molecule has 3 aromatic rings. The minimum Gasteiger partial charge on any atom is -0.456 e. The fraction of sp³-hybridized carbons (Fsp3) is 0. The molecular formula is C13H10N2O2. The summed E-state index contributed by atoms with van der Waals surface area (Å²) in [6, 6.07) is 10.1. The van der Waals surface area contributed by atoms with Gasteiger partial charge in [-0.05, 0) is 30.3 Å². The van der Waals surface area contributed by atoms with Crippen LogP contribution in [0, 0.1) is 0 Å². The van der Waals surface area contributed by atoms with Crippen molar-refractivity contribution in [1.29, 1.82) is 0 Å². The topological polar surface area (TPSA) is 82.2 Å². The van der Waals surface area contributed by atoms with Gasteiger partial charge in [-0.3, -0.25) is 4.79 Å². The standard InChI is InChI=1S/C13H10N2O2/c14-7-4-5-10-8(6-7)13(16)12-9(15)2-1-3-11(12)17-10/h1-6H,14-15H2. The Hall–Kier alpha value is -2.49. The summed E-state index contributed by atoms with van der Waals surface area (Å²) in [5.41, 5.74) is 13.3. The lowest BCUT2D eigenvalue weighted by Crippen LogP contribution is -2.05. The first-order chi connectivity index (χ1) is 8.16. The molecule has 0 aliphatic carbocycles. The molecule has 0 spiro atoms. The van der Waals surface area contributed by atoms with Crippen molar-refractivity contribution in [3.8, 4) is 0 Å². The average Bonchev–Trinajstić information content (AvgIpc) is 2.30. The molecule has 84 valence electrons. The van der Waals surface area contributed by atoms with E-state index in [1.54, 1.807) is 36.4 Å². The van der Waals surface area contributed by atoms with Crippen LogP contribution in [0.5, 0.6) is 0 Å². The highest BCUT2D eigenvalue weighted by Gasteiger charge is 2.09. The van der Waals surface area contributed by atoms with Crippen molar-refractivity contribution < 1.29 is 4.42 Å². The van der Waals surface area contributed by atoms with Gasteiger partial charge in [-0.15, -0.1) is 0 Å². The molecule has 1 aromatic heterocycles. The molecule has 0 radical (unpaired) electrons. The molecule has 0 bridgehead atoms. The van der Waals surface area contributed by atoms with Gasteiger partial charge in [0.2, 0.25) is 5.43 Å². The van der Waals surface area contributed by atoms with Crippen molar-refractivity contribution in [1.82, 2.24) is 0 Å². The van der Waals surface area contributed by atoms with E-state index in [9.17, 15) is 4.79 Å². The van der Waals surface area contributed by atoms with Crippen molar-refractivity contribution in [2.24, 2.45) is 0 Å². The minimum atomic E-state index is -0.147. The Labute approximate surface area is 96.4 Å². The Kier molecular flexibility index (Phi) is 1.86. The zero-order valence-electron chi connectivity index (χ0n) is 8.94. The lowest BCUT2D eigenvalue weighted by molar-refractivity contribution is 0.660. The molecule has 17 heavy (non-hydrogen) atoms. The van der Waals surface area contributed by atoms with E-state index in [0.29, 0.717) is 33.3 Å². The summed E-state index contributed by atoms with van der Waals surface area (Å²) in [6.07, 6.45) is 0. The molecule has 4 nitrogen and oxygen atoms in total. The van der Waals surface area contributed by atoms with Crippen molar-refractivity contribution >= 4 is 33.3 Å². The van der Waals surface area contributed by atoms with Gasteiger partial charge >= 0.3 is 0 Å². The lowest BCUT2D eigenvalue weighted by atomic mass is 10.1. The molecule has 4 heteroatoms. The Balaban J connectivity index is 2.63. The fourth-order valence-corrected chi connectivity index (χ4v) is 1.94. The number of hydrogen-bond acceptors (Lipinski definition) is 4. The number of anilines is 2.